The minimum absolute atomic E-state index is 0.0234. The standard InChI is InChI=1S/C32H38BrN3O2/c1-23-7-6-8-24(2)29(23)31(37)35-21-16-32(3,17-22-35)36-19-14-26(15-20-36)30(25-10-12-27(33)13-11-25)38-28-9-4-5-18-34-28/h4-13,18,26,30H,14-17,19-22H2,1-3H3. The highest BCUT2D eigenvalue weighted by Crippen LogP contribution is 2.39. The Morgan fingerprint density at radius 2 is 1.61 bits per heavy atom. The average Bonchev–Trinajstić information content (AvgIpc) is 2.93. The largest absolute Gasteiger partial charge is 0.469 e. The van der Waals surface area contributed by atoms with Gasteiger partial charge in [0.25, 0.3) is 5.91 Å². The second-order valence-electron chi connectivity index (χ2n) is 11.1. The lowest BCUT2D eigenvalue weighted by Crippen LogP contribution is -2.56. The van der Waals surface area contributed by atoms with Crippen molar-refractivity contribution in [3.8, 4) is 5.88 Å². The predicted octanol–water partition coefficient (Wildman–Crippen LogP) is 6.99. The number of piperidine rings is 2. The molecule has 5 rings (SSSR count). The molecule has 0 radical (unpaired) electrons. The fraction of sp³-hybridized carbons (Fsp3) is 0.438. The van der Waals surface area contributed by atoms with Crippen molar-refractivity contribution in [3.63, 3.8) is 0 Å². The van der Waals surface area contributed by atoms with Crippen LogP contribution in [0, 0.1) is 19.8 Å². The van der Waals surface area contributed by atoms with Crippen molar-refractivity contribution in [1.29, 1.82) is 0 Å². The second-order valence-corrected chi connectivity index (χ2v) is 12.1. The fourth-order valence-corrected chi connectivity index (χ4v) is 6.46. The molecule has 3 heterocycles. The maximum Gasteiger partial charge on any atom is 0.254 e. The van der Waals surface area contributed by atoms with Crippen LogP contribution in [0.5, 0.6) is 5.88 Å². The van der Waals surface area contributed by atoms with Crippen molar-refractivity contribution < 1.29 is 9.53 Å². The molecule has 2 aromatic carbocycles. The van der Waals surface area contributed by atoms with E-state index >= 15 is 0 Å². The number of amides is 1. The Morgan fingerprint density at radius 1 is 0.947 bits per heavy atom. The van der Waals surface area contributed by atoms with Crippen LogP contribution >= 0.6 is 15.9 Å². The molecule has 200 valence electrons. The van der Waals surface area contributed by atoms with Gasteiger partial charge in [-0.1, -0.05) is 52.3 Å². The Kier molecular flexibility index (Phi) is 8.20. The first-order valence-corrected chi connectivity index (χ1v) is 14.6. The van der Waals surface area contributed by atoms with Crippen LogP contribution in [0.1, 0.15) is 65.8 Å². The molecular weight excluding hydrogens is 538 g/mol. The van der Waals surface area contributed by atoms with Crippen LogP contribution in [-0.4, -0.2) is 52.4 Å². The van der Waals surface area contributed by atoms with E-state index in [1.54, 1.807) is 6.20 Å². The van der Waals surface area contributed by atoms with Crippen molar-refractivity contribution >= 4 is 21.8 Å². The zero-order valence-corrected chi connectivity index (χ0v) is 24.3. The van der Waals surface area contributed by atoms with Gasteiger partial charge in [0.2, 0.25) is 5.88 Å². The SMILES string of the molecule is Cc1cccc(C)c1C(=O)N1CCC(C)(N2CCC(C(Oc3ccccn3)c3ccc(Br)cc3)CC2)CC1. The smallest absolute Gasteiger partial charge is 0.254 e. The lowest BCUT2D eigenvalue weighted by Gasteiger charge is -2.50. The normalized spacial score (nSPS) is 19.2. The third-order valence-corrected chi connectivity index (χ3v) is 9.17. The van der Waals surface area contributed by atoms with Crippen molar-refractivity contribution in [2.75, 3.05) is 26.2 Å². The van der Waals surface area contributed by atoms with Crippen LogP contribution in [0.4, 0.5) is 0 Å². The average molecular weight is 577 g/mol. The van der Waals surface area contributed by atoms with E-state index in [9.17, 15) is 4.79 Å². The number of carbonyl (C=O) groups is 1. The summed E-state index contributed by atoms with van der Waals surface area (Å²) in [5, 5.41) is 0. The Labute approximate surface area is 235 Å². The molecule has 5 nitrogen and oxygen atoms in total. The molecule has 0 aliphatic carbocycles. The van der Waals surface area contributed by atoms with E-state index in [1.807, 2.05) is 50.2 Å². The lowest BCUT2D eigenvalue weighted by atomic mass is 9.82. The quantitative estimate of drug-likeness (QED) is 0.318. The Hall–Kier alpha value is -2.70. The van der Waals surface area contributed by atoms with E-state index in [1.165, 1.54) is 5.56 Å². The van der Waals surface area contributed by atoms with Gasteiger partial charge in [-0.3, -0.25) is 9.69 Å². The molecular formula is C32H38BrN3O2. The summed E-state index contributed by atoms with van der Waals surface area (Å²) >= 11 is 3.56. The third-order valence-electron chi connectivity index (χ3n) is 8.64. The van der Waals surface area contributed by atoms with Crippen molar-refractivity contribution in [3.05, 3.63) is 93.6 Å². The number of aryl methyl sites for hydroxylation is 2. The number of nitrogens with zero attached hydrogens (tertiary/aromatic N) is 3. The van der Waals surface area contributed by atoms with Crippen molar-refractivity contribution in [2.45, 2.75) is 58.1 Å². The number of hydrogen-bond acceptors (Lipinski definition) is 4. The number of carbonyl (C=O) groups excluding carboxylic acids is 1. The van der Waals surface area contributed by atoms with E-state index in [2.05, 4.69) is 61.9 Å². The summed E-state index contributed by atoms with van der Waals surface area (Å²) in [6.07, 6.45) is 5.94. The molecule has 1 amide bonds. The minimum atomic E-state index is -0.0234. The van der Waals surface area contributed by atoms with Crippen molar-refractivity contribution in [1.82, 2.24) is 14.8 Å². The number of pyridine rings is 1. The van der Waals surface area contributed by atoms with Crippen LogP contribution in [-0.2, 0) is 0 Å². The van der Waals surface area contributed by atoms with Gasteiger partial charge in [0, 0.05) is 46.8 Å². The van der Waals surface area contributed by atoms with E-state index < -0.39 is 0 Å². The first-order valence-electron chi connectivity index (χ1n) is 13.8. The fourth-order valence-electron chi connectivity index (χ4n) is 6.20. The third kappa shape index (κ3) is 5.81. The van der Waals surface area contributed by atoms with Gasteiger partial charge < -0.3 is 9.64 Å². The topological polar surface area (TPSA) is 45.7 Å². The molecule has 1 unspecified atom stereocenters. The molecule has 0 N–H and O–H groups in total. The number of rotatable bonds is 6. The first kappa shape index (κ1) is 26.9. The number of hydrogen-bond donors (Lipinski definition) is 0. The van der Waals surface area contributed by atoms with E-state index in [0.29, 0.717) is 11.8 Å². The number of benzene rings is 2. The molecule has 6 heteroatoms. The molecule has 0 bridgehead atoms. The minimum Gasteiger partial charge on any atom is -0.469 e. The number of aromatic nitrogens is 1. The Bertz CT molecular complexity index is 1210. The molecule has 2 fully saturated rings. The molecule has 1 aromatic heterocycles. The number of halogens is 1. The van der Waals surface area contributed by atoms with Gasteiger partial charge in [-0.25, -0.2) is 4.98 Å². The van der Waals surface area contributed by atoms with Crippen LogP contribution in [0.25, 0.3) is 0 Å². The van der Waals surface area contributed by atoms with Gasteiger partial charge in [-0.05, 0) is 94.4 Å². The summed E-state index contributed by atoms with van der Waals surface area (Å²) in [4.78, 5) is 22.5. The van der Waals surface area contributed by atoms with Gasteiger partial charge in [-0.15, -0.1) is 0 Å². The van der Waals surface area contributed by atoms with Crippen LogP contribution in [0.2, 0.25) is 0 Å². The van der Waals surface area contributed by atoms with Gasteiger partial charge in [0.1, 0.15) is 6.10 Å². The van der Waals surface area contributed by atoms with Gasteiger partial charge >= 0.3 is 0 Å². The molecule has 38 heavy (non-hydrogen) atoms. The maximum absolute atomic E-state index is 13.3. The molecule has 0 spiro atoms. The van der Waals surface area contributed by atoms with Crippen LogP contribution in [0.3, 0.4) is 0 Å². The molecule has 2 saturated heterocycles. The number of likely N-dealkylation sites (tertiary alicyclic amines) is 2. The van der Waals surface area contributed by atoms with E-state index in [4.69, 9.17) is 4.74 Å². The maximum atomic E-state index is 13.3. The molecule has 2 aliphatic heterocycles. The zero-order chi connectivity index (χ0) is 26.7. The highest BCUT2D eigenvalue weighted by Gasteiger charge is 2.40. The Morgan fingerprint density at radius 3 is 2.21 bits per heavy atom. The lowest BCUT2D eigenvalue weighted by molar-refractivity contribution is -0.00614. The van der Waals surface area contributed by atoms with Gasteiger partial charge in [0.05, 0.1) is 0 Å². The van der Waals surface area contributed by atoms with Crippen LogP contribution in [0.15, 0.2) is 71.3 Å². The molecule has 1 atom stereocenters. The molecule has 2 aliphatic rings. The van der Waals surface area contributed by atoms with Crippen LogP contribution < -0.4 is 4.74 Å². The Balaban J connectivity index is 1.22. The molecule has 0 saturated carbocycles. The summed E-state index contributed by atoms with van der Waals surface area (Å²) in [6.45, 7) is 10.2. The monoisotopic (exact) mass is 575 g/mol. The summed E-state index contributed by atoms with van der Waals surface area (Å²) in [5.74, 6) is 1.28. The molecule has 3 aromatic rings. The zero-order valence-electron chi connectivity index (χ0n) is 22.7. The highest BCUT2D eigenvalue weighted by atomic mass is 79.9. The van der Waals surface area contributed by atoms with E-state index in [-0.39, 0.29) is 17.6 Å². The summed E-state index contributed by atoms with van der Waals surface area (Å²) < 4.78 is 7.57. The number of ether oxygens (including phenoxy) is 1. The van der Waals surface area contributed by atoms with Gasteiger partial charge in [0.15, 0.2) is 0 Å². The second kappa shape index (κ2) is 11.6. The first-order chi connectivity index (χ1) is 18.3. The summed E-state index contributed by atoms with van der Waals surface area (Å²) in [5.41, 5.74) is 4.33. The summed E-state index contributed by atoms with van der Waals surface area (Å²) in [7, 11) is 0. The predicted molar refractivity (Wildman–Crippen MR) is 156 cm³/mol. The van der Waals surface area contributed by atoms with Crippen molar-refractivity contribution in [2.24, 2.45) is 5.92 Å². The highest BCUT2D eigenvalue weighted by molar-refractivity contribution is 9.10. The van der Waals surface area contributed by atoms with Gasteiger partial charge in [-0.2, -0.15) is 0 Å². The summed E-state index contributed by atoms with van der Waals surface area (Å²) in [6, 6.07) is 20.4. The van der Waals surface area contributed by atoms with E-state index in [0.717, 1.165) is 73.0 Å².